The van der Waals surface area contributed by atoms with E-state index in [4.69, 9.17) is 4.74 Å². The van der Waals surface area contributed by atoms with Gasteiger partial charge in [0, 0.05) is 12.6 Å². The van der Waals surface area contributed by atoms with Crippen molar-refractivity contribution < 1.29 is 4.74 Å². The zero-order chi connectivity index (χ0) is 13.5. The standard InChI is InChI=1S/C18H25NO/c1-20-17-4-2-3-12(10-17)11-19-18-15-6-13-5-14(8-15)9-16(18)7-13/h2-4,10,13-16,18-19H,5-9,11H2,1H3. The van der Waals surface area contributed by atoms with E-state index in [0.29, 0.717) is 0 Å². The van der Waals surface area contributed by atoms with Gasteiger partial charge in [-0.05, 0) is 73.5 Å². The monoisotopic (exact) mass is 271 g/mol. The average molecular weight is 271 g/mol. The van der Waals surface area contributed by atoms with Gasteiger partial charge in [-0.2, -0.15) is 0 Å². The normalized spacial score (nSPS) is 38.1. The maximum Gasteiger partial charge on any atom is 0.119 e. The molecule has 0 aromatic heterocycles. The Morgan fingerprint density at radius 1 is 1.05 bits per heavy atom. The van der Waals surface area contributed by atoms with Crippen molar-refractivity contribution in [1.29, 1.82) is 0 Å². The zero-order valence-corrected chi connectivity index (χ0v) is 12.3. The summed E-state index contributed by atoms with van der Waals surface area (Å²) in [5, 5.41) is 3.88. The Morgan fingerprint density at radius 2 is 1.75 bits per heavy atom. The van der Waals surface area contributed by atoms with Crippen LogP contribution in [-0.4, -0.2) is 13.2 Å². The molecule has 0 radical (unpaired) electrons. The SMILES string of the molecule is COc1cccc(CNC2C3CC4CC(C3)CC2C4)c1. The van der Waals surface area contributed by atoms with Crippen LogP contribution in [0.4, 0.5) is 0 Å². The van der Waals surface area contributed by atoms with Gasteiger partial charge in [-0.1, -0.05) is 12.1 Å². The lowest BCUT2D eigenvalue weighted by Crippen LogP contribution is -2.54. The zero-order valence-electron chi connectivity index (χ0n) is 12.3. The van der Waals surface area contributed by atoms with Crippen LogP contribution < -0.4 is 10.1 Å². The van der Waals surface area contributed by atoms with E-state index in [0.717, 1.165) is 42.0 Å². The van der Waals surface area contributed by atoms with Crippen LogP contribution in [0, 0.1) is 23.7 Å². The Bertz CT molecular complexity index is 456. The van der Waals surface area contributed by atoms with Crippen LogP contribution in [0.1, 0.15) is 37.7 Å². The third-order valence-electron chi connectivity index (χ3n) is 5.90. The maximum absolute atomic E-state index is 5.31. The Hall–Kier alpha value is -1.02. The predicted molar refractivity (Wildman–Crippen MR) is 80.7 cm³/mol. The molecule has 20 heavy (non-hydrogen) atoms. The van der Waals surface area contributed by atoms with Crippen molar-refractivity contribution >= 4 is 0 Å². The Kier molecular flexibility index (Phi) is 3.22. The number of benzene rings is 1. The number of ether oxygens (including phenoxy) is 1. The molecular weight excluding hydrogens is 246 g/mol. The fourth-order valence-electron chi connectivity index (χ4n) is 5.28. The van der Waals surface area contributed by atoms with E-state index in [1.165, 1.54) is 37.7 Å². The van der Waals surface area contributed by atoms with Gasteiger partial charge in [0.1, 0.15) is 5.75 Å². The summed E-state index contributed by atoms with van der Waals surface area (Å²) in [5.74, 6) is 5.00. The summed E-state index contributed by atoms with van der Waals surface area (Å²) in [4.78, 5) is 0. The van der Waals surface area contributed by atoms with Gasteiger partial charge in [0.25, 0.3) is 0 Å². The fraction of sp³-hybridized carbons (Fsp3) is 0.667. The Morgan fingerprint density at radius 3 is 2.40 bits per heavy atom. The maximum atomic E-state index is 5.31. The Balaban J connectivity index is 1.42. The highest BCUT2D eigenvalue weighted by Gasteiger charge is 2.47. The summed E-state index contributed by atoms with van der Waals surface area (Å²) in [7, 11) is 1.74. The predicted octanol–water partition coefficient (Wildman–Crippen LogP) is 3.61. The number of hydrogen-bond donors (Lipinski definition) is 1. The molecule has 1 aromatic carbocycles. The fourth-order valence-corrected chi connectivity index (χ4v) is 5.28. The van der Waals surface area contributed by atoms with Crippen LogP contribution >= 0.6 is 0 Å². The van der Waals surface area contributed by atoms with Crippen molar-refractivity contribution in [2.75, 3.05) is 7.11 Å². The first-order chi connectivity index (χ1) is 9.81. The average Bonchev–Trinajstić information content (AvgIpc) is 2.46. The summed E-state index contributed by atoms with van der Waals surface area (Å²) < 4.78 is 5.31. The van der Waals surface area contributed by atoms with Gasteiger partial charge < -0.3 is 10.1 Å². The molecule has 0 unspecified atom stereocenters. The third-order valence-corrected chi connectivity index (χ3v) is 5.90. The van der Waals surface area contributed by atoms with Gasteiger partial charge in [0.15, 0.2) is 0 Å². The van der Waals surface area contributed by atoms with Crippen molar-refractivity contribution in [2.24, 2.45) is 23.7 Å². The molecule has 0 heterocycles. The molecule has 4 saturated carbocycles. The van der Waals surface area contributed by atoms with Crippen molar-refractivity contribution in [2.45, 2.75) is 44.7 Å². The van der Waals surface area contributed by atoms with Gasteiger partial charge in [-0.15, -0.1) is 0 Å². The highest BCUT2D eigenvalue weighted by Crippen LogP contribution is 2.53. The molecule has 4 bridgehead atoms. The van der Waals surface area contributed by atoms with Crippen LogP contribution in [-0.2, 0) is 6.54 Å². The van der Waals surface area contributed by atoms with E-state index >= 15 is 0 Å². The topological polar surface area (TPSA) is 21.3 Å². The molecule has 4 aliphatic rings. The number of hydrogen-bond acceptors (Lipinski definition) is 2. The minimum Gasteiger partial charge on any atom is -0.497 e. The van der Waals surface area contributed by atoms with Crippen molar-refractivity contribution in [3.8, 4) is 5.75 Å². The van der Waals surface area contributed by atoms with Crippen LogP contribution in [0.3, 0.4) is 0 Å². The lowest BCUT2D eigenvalue weighted by Gasteiger charge is -2.54. The summed E-state index contributed by atoms with van der Waals surface area (Å²) in [6.07, 6.45) is 7.49. The van der Waals surface area contributed by atoms with Crippen molar-refractivity contribution in [3.63, 3.8) is 0 Å². The number of rotatable bonds is 4. The second-order valence-electron chi connectivity index (χ2n) is 7.19. The van der Waals surface area contributed by atoms with Gasteiger partial charge in [-0.3, -0.25) is 0 Å². The molecule has 108 valence electrons. The van der Waals surface area contributed by atoms with Crippen LogP contribution in [0.5, 0.6) is 5.75 Å². The number of methoxy groups -OCH3 is 1. The molecule has 1 N–H and O–H groups in total. The minimum atomic E-state index is 0.772. The minimum absolute atomic E-state index is 0.772. The molecule has 1 aromatic rings. The second kappa shape index (κ2) is 5.07. The van der Waals surface area contributed by atoms with Crippen LogP contribution in [0.2, 0.25) is 0 Å². The lowest BCUT2D eigenvalue weighted by atomic mass is 9.54. The first kappa shape index (κ1) is 12.7. The van der Waals surface area contributed by atoms with Gasteiger partial charge in [0.05, 0.1) is 7.11 Å². The molecular formula is C18H25NO. The largest absolute Gasteiger partial charge is 0.497 e. The molecule has 0 atom stereocenters. The molecule has 0 aliphatic heterocycles. The Labute approximate surface area is 121 Å². The lowest BCUT2D eigenvalue weighted by molar-refractivity contribution is -0.0142. The smallest absolute Gasteiger partial charge is 0.119 e. The molecule has 4 aliphatic carbocycles. The van der Waals surface area contributed by atoms with E-state index < -0.39 is 0 Å². The van der Waals surface area contributed by atoms with E-state index in [9.17, 15) is 0 Å². The molecule has 0 spiro atoms. The first-order valence-corrected chi connectivity index (χ1v) is 8.18. The van der Waals surface area contributed by atoms with Crippen LogP contribution in [0.15, 0.2) is 24.3 Å². The highest BCUT2D eigenvalue weighted by atomic mass is 16.5. The molecule has 0 saturated heterocycles. The summed E-state index contributed by atoms with van der Waals surface area (Å²) in [5.41, 5.74) is 1.35. The molecule has 2 nitrogen and oxygen atoms in total. The summed E-state index contributed by atoms with van der Waals surface area (Å²) in [6, 6.07) is 9.24. The quantitative estimate of drug-likeness (QED) is 0.903. The van der Waals surface area contributed by atoms with Crippen LogP contribution in [0.25, 0.3) is 0 Å². The van der Waals surface area contributed by atoms with E-state index in [1.807, 2.05) is 6.07 Å². The first-order valence-electron chi connectivity index (χ1n) is 8.18. The molecule has 4 fully saturated rings. The molecule has 0 amide bonds. The summed E-state index contributed by atoms with van der Waals surface area (Å²) in [6.45, 7) is 0.990. The van der Waals surface area contributed by atoms with Gasteiger partial charge >= 0.3 is 0 Å². The third kappa shape index (κ3) is 2.24. The second-order valence-corrected chi connectivity index (χ2v) is 7.19. The van der Waals surface area contributed by atoms with Crippen molar-refractivity contribution in [3.05, 3.63) is 29.8 Å². The highest BCUT2D eigenvalue weighted by molar-refractivity contribution is 5.28. The molecule has 2 heteroatoms. The van der Waals surface area contributed by atoms with Gasteiger partial charge in [0.2, 0.25) is 0 Å². The number of nitrogens with one attached hydrogen (secondary N) is 1. The van der Waals surface area contributed by atoms with E-state index in [1.54, 1.807) is 7.11 Å². The van der Waals surface area contributed by atoms with E-state index in [2.05, 4.69) is 23.5 Å². The van der Waals surface area contributed by atoms with Crippen molar-refractivity contribution in [1.82, 2.24) is 5.32 Å². The van der Waals surface area contributed by atoms with E-state index in [-0.39, 0.29) is 0 Å². The summed E-state index contributed by atoms with van der Waals surface area (Å²) >= 11 is 0. The molecule has 5 rings (SSSR count). The van der Waals surface area contributed by atoms with Gasteiger partial charge in [-0.25, -0.2) is 0 Å².